The zero-order valence-corrected chi connectivity index (χ0v) is 18.8. The minimum atomic E-state index is -3.46. The van der Waals surface area contributed by atoms with E-state index in [1.165, 1.54) is 10.4 Å². The van der Waals surface area contributed by atoms with Crippen molar-refractivity contribution in [3.8, 4) is 0 Å². The number of anilines is 1. The molecule has 2 aromatic rings. The quantitative estimate of drug-likeness (QED) is 0.603. The molecule has 1 aromatic heterocycles. The molecule has 162 valence electrons. The number of benzene rings is 1. The number of hydrogen-bond donors (Lipinski definition) is 1. The lowest BCUT2D eigenvalue weighted by atomic mass is 10.1. The summed E-state index contributed by atoms with van der Waals surface area (Å²) in [5.41, 5.74) is 0.451. The molecular formula is C20H24BrFN4O3S. The molecule has 7 nitrogen and oxygen atoms in total. The number of nitrogens with one attached hydrogen (secondary N) is 1. The fraction of sp³-hybridized carbons (Fsp3) is 0.400. The predicted octanol–water partition coefficient (Wildman–Crippen LogP) is 2.18. The van der Waals surface area contributed by atoms with Crippen LogP contribution >= 0.6 is 15.9 Å². The summed E-state index contributed by atoms with van der Waals surface area (Å²) in [4.78, 5) is 18.3. The van der Waals surface area contributed by atoms with Gasteiger partial charge in [0.25, 0.3) is 0 Å². The van der Waals surface area contributed by atoms with Crippen molar-refractivity contribution in [2.45, 2.75) is 12.8 Å². The Balaban J connectivity index is 1.40. The van der Waals surface area contributed by atoms with Crippen LogP contribution < -0.4 is 10.2 Å². The van der Waals surface area contributed by atoms with Gasteiger partial charge in [0, 0.05) is 49.8 Å². The van der Waals surface area contributed by atoms with Gasteiger partial charge in [-0.2, -0.15) is 4.31 Å². The lowest BCUT2D eigenvalue weighted by molar-refractivity contribution is -0.120. The van der Waals surface area contributed by atoms with Gasteiger partial charge >= 0.3 is 0 Å². The summed E-state index contributed by atoms with van der Waals surface area (Å²) in [5.74, 6) is 0.00993. The van der Waals surface area contributed by atoms with E-state index in [0.29, 0.717) is 36.2 Å². The summed E-state index contributed by atoms with van der Waals surface area (Å²) in [6.07, 6.45) is 2.07. The minimum absolute atomic E-state index is 0.0322. The maximum atomic E-state index is 13.8. The Labute approximate surface area is 184 Å². The predicted molar refractivity (Wildman–Crippen MR) is 117 cm³/mol. The topological polar surface area (TPSA) is 82.6 Å². The van der Waals surface area contributed by atoms with Crippen LogP contribution in [0.15, 0.2) is 47.1 Å². The van der Waals surface area contributed by atoms with E-state index in [4.69, 9.17) is 0 Å². The van der Waals surface area contributed by atoms with Crippen molar-refractivity contribution < 1.29 is 17.6 Å². The molecule has 1 fully saturated rings. The maximum Gasteiger partial charge on any atom is 0.220 e. The lowest BCUT2D eigenvalue weighted by Crippen LogP contribution is -2.50. The molecule has 1 aromatic carbocycles. The van der Waals surface area contributed by atoms with E-state index in [2.05, 4.69) is 31.1 Å². The molecule has 0 bridgehead atoms. The van der Waals surface area contributed by atoms with Crippen molar-refractivity contribution >= 4 is 37.7 Å². The summed E-state index contributed by atoms with van der Waals surface area (Å²) in [7, 11) is -3.46. The summed E-state index contributed by atoms with van der Waals surface area (Å²) in [6, 6.07) is 10.3. The van der Waals surface area contributed by atoms with Crippen LogP contribution in [0.25, 0.3) is 0 Å². The first kappa shape index (κ1) is 22.6. The molecule has 1 amide bonds. The smallest absolute Gasteiger partial charge is 0.220 e. The lowest BCUT2D eigenvalue weighted by Gasteiger charge is -2.34. The summed E-state index contributed by atoms with van der Waals surface area (Å²) in [6.45, 7) is 1.94. The van der Waals surface area contributed by atoms with Crippen molar-refractivity contribution in [2.75, 3.05) is 43.4 Å². The Morgan fingerprint density at radius 2 is 1.93 bits per heavy atom. The average Bonchev–Trinajstić information content (AvgIpc) is 2.74. The molecular weight excluding hydrogens is 475 g/mol. The third kappa shape index (κ3) is 6.23. The summed E-state index contributed by atoms with van der Waals surface area (Å²) >= 11 is 3.19. The van der Waals surface area contributed by atoms with Gasteiger partial charge in [0.05, 0.1) is 5.75 Å². The van der Waals surface area contributed by atoms with Crippen molar-refractivity contribution in [3.05, 3.63) is 58.4 Å². The second-order valence-corrected chi connectivity index (χ2v) is 9.98. The van der Waals surface area contributed by atoms with E-state index < -0.39 is 10.0 Å². The highest BCUT2D eigenvalue weighted by Gasteiger charge is 2.27. The van der Waals surface area contributed by atoms with Crippen LogP contribution in [0.4, 0.5) is 10.2 Å². The van der Waals surface area contributed by atoms with Gasteiger partial charge in [-0.05, 0) is 36.2 Å². The van der Waals surface area contributed by atoms with E-state index in [-0.39, 0.29) is 36.9 Å². The number of halogens is 2. The molecule has 2 heterocycles. The van der Waals surface area contributed by atoms with E-state index in [1.807, 2.05) is 18.2 Å². The van der Waals surface area contributed by atoms with Gasteiger partial charge in [-0.15, -0.1) is 0 Å². The third-order valence-electron chi connectivity index (χ3n) is 4.92. The highest BCUT2D eigenvalue weighted by atomic mass is 79.9. The number of rotatable bonds is 8. The van der Waals surface area contributed by atoms with Crippen LogP contribution in [0.3, 0.4) is 0 Å². The van der Waals surface area contributed by atoms with E-state index in [9.17, 15) is 17.6 Å². The first-order valence-corrected chi connectivity index (χ1v) is 12.1. The first-order chi connectivity index (χ1) is 14.3. The van der Waals surface area contributed by atoms with E-state index in [1.54, 1.807) is 18.3 Å². The summed E-state index contributed by atoms with van der Waals surface area (Å²) in [5, 5.41) is 2.62. The fourth-order valence-electron chi connectivity index (χ4n) is 3.25. The molecule has 0 spiro atoms. The number of hydrogen-bond acceptors (Lipinski definition) is 5. The maximum absolute atomic E-state index is 13.8. The number of amides is 1. The van der Waals surface area contributed by atoms with Gasteiger partial charge < -0.3 is 10.2 Å². The number of carbonyl (C=O) groups is 1. The van der Waals surface area contributed by atoms with Gasteiger partial charge in [0.15, 0.2) is 0 Å². The molecule has 0 aliphatic carbocycles. The molecule has 1 N–H and O–H groups in total. The van der Waals surface area contributed by atoms with Gasteiger partial charge in [0.1, 0.15) is 11.6 Å². The van der Waals surface area contributed by atoms with Gasteiger partial charge in [-0.25, -0.2) is 17.8 Å². The molecule has 3 rings (SSSR count). The molecule has 30 heavy (non-hydrogen) atoms. The average molecular weight is 499 g/mol. The highest BCUT2D eigenvalue weighted by Crippen LogP contribution is 2.17. The second-order valence-electron chi connectivity index (χ2n) is 6.98. The Kier molecular flexibility index (Phi) is 7.79. The molecule has 0 saturated carbocycles. The third-order valence-corrected chi connectivity index (χ3v) is 7.29. The Bertz CT molecular complexity index is 967. The van der Waals surface area contributed by atoms with Crippen molar-refractivity contribution in [1.82, 2.24) is 14.6 Å². The van der Waals surface area contributed by atoms with E-state index in [0.717, 1.165) is 5.82 Å². The number of nitrogens with zero attached hydrogens (tertiary/aromatic N) is 3. The van der Waals surface area contributed by atoms with Crippen molar-refractivity contribution in [3.63, 3.8) is 0 Å². The second kappa shape index (κ2) is 10.3. The Morgan fingerprint density at radius 1 is 1.17 bits per heavy atom. The number of pyridine rings is 1. The molecule has 0 unspecified atom stereocenters. The van der Waals surface area contributed by atoms with Gasteiger partial charge in [-0.1, -0.05) is 28.1 Å². The van der Waals surface area contributed by atoms with Crippen LogP contribution in [0.2, 0.25) is 0 Å². The normalized spacial score (nSPS) is 15.2. The number of piperazine rings is 1. The fourth-order valence-corrected chi connectivity index (χ4v) is 4.92. The number of carbonyl (C=O) groups excluding carboxylic acids is 1. The van der Waals surface area contributed by atoms with Gasteiger partial charge in [0.2, 0.25) is 15.9 Å². The highest BCUT2D eigenvalue weighted by molar-refractivity contribution is 9.10. The zero-order valence-electron chi connectivity index (χ0n) is 16.4. The van der Waals surface area contributed by atoms with Crippen LogP contribution in [0, 0.1) is 5.82 Å². The van der Waals surface area contributed by atoms with Crippen molar-refractivity contribution in [2.24, 2.45) is 0 Å². The zero-order chi connectivity index (χ0) is 21.6. The number of aryl methyl sites for hydroxylation is 1. The first-order valence-electron chi connectivity index (χ1n) is 9.69. The molecule has 1 saturated heterocycles. The standard InChI is InChI=1S/C20H24BrFN4O3S/c21-17-6-4-16(18(22)15-17)5-7-20(27)24-9-14-30(28,29)26-12-10-25(11-13-26)19-3-1-2-8-23-19/h1-4,6,8,15H,5,7,9-14H2,(H,24,27). The number of sulfonamides is 1. The van der Waals surface area contributed by atoms with Crippen LogP contribution in [-0.4, -0.2) is 62.1 Å². The molecule has 1 aliphatic rings. The monoisotopic (exact) mass is 498 g/mol. The Morgan fingerprint density at radius 3 is 2.60 bits per heavy atom. The Hall–Kier alpha value is -2.04. The largest absolute Gasteiger partial charge is 0.355 e. The molecule has 0 atom stereocenters. The van der Waals surface area contributed by atoms with Crippen LogP contribution in [0.5, 0.6) is 0 Å². The van der Waals surface area contributed by atoms with Crippen LogP contribution in [0.1, 0.15) is 12.0 Å². The van der Waals surface area contributed by atoms with Crippen LogP contribution in [-0.2, 0) is 21.2 Å². The molecule has 10 heteroatoms. The van der Waals surface area contributed by atoms with Crippen molar-refractivity contribution in [1.29, 1.82) is 0 Å². The van der Waals surface area contributed by atoms with E-state index >= 15 is 0 Å². The minimum Gasteiger partial charge on any atom is -0.355 e. The molecule has 0 radical (unpaired) electrons. The van der Waals surface area contributed by atoms with Gasteiger partial charge in [-0.3, -0.25) is 4.79 Å². The SMILES string of the molecule is O=C(CCc1ccc(Br)cc1F)NCCS(=O)(=O)N1CCN(c2ccccn2)CC1. The summed E-state index contributed by atoms with van der Waals surface area (Å²) < 4.78 is 41.0. The molecule has 1 aliphatic heterocycles. The number of aromatic nitrogens is 1.